The van der Waals surface area contributed by atoms with Gasteiger partial charge in [-0.1, -0.05) is 6.07 Å². The van der Waals surface area contributed by atoms with E-state index in [0.717, 1.165) is 11.4 Å². The lowest BCUT2D eigenvalue weighted by Gasteiger charge is -2.15. The van der Waals surface area contributed by atoms with E-state index in [9.17, 15) is 9.00 Å². The smallest absolute Gasteiger partial charge is 0.256 e. The van der Waals surface area contributed by atoms with Crippen LogP contribution in [0.25, 0.3) is 0 Å². The number of amides is 1. The van der Waals surface area contributed by atoms with Crippen molar-refractivity contribution in [1.29, 1.82) is 0 Å². The Morgan fingerprint density at radius 3 is 2.35 bits per heavy atom. The van der Waals surface area contributed by atoms with Gasteiger partial charge in [0.1, 0.15) is 17.2 Å². The Hall–Kier alpha value is -3.73. The molecule has 3 aromatic rings. The third-order valence-electron chi connectivity index (χ3n) is 4.39. The van der Waals surface area contributed by atoms with E-state index in [4.69, 9.17) is 0 Å². The van der Waals surface area contributed by atoms with Gasteiger partial charge in [-0.3, -0.25) is 4.79 Å². The number of nitrogens with zero attached hydrogens (tertiary/aromatic N) is 5. The standard InChI is InChI=1S/C23H30N8O2S/c1-15(2)25-22(32)18-14-24-23(26-16-10-12-17(13-11-16)31(3)4)29-21(18)28-19-8-7-9-20(27-19)30-34(5,6)33/h7-15H,1-6H3,(H,25,32)(H2,24,26,27,28,29). The largest absolute Gasteiger partial charge is 0.378 e. The van der Waals surface area contributed by atoms with Gasteiger partial charge in [-0.15, -0.1) is 0 Å². The van der Waals surface area contributed by atoms with Crippen molar-refractivity contribution in [3.8, 4) is 0 Å². The first-order valence-corrected chi connectivity index (χ1v) is 13.0. The first kappa shape index (κ1) is 24.9. The van der Waals surface area contributed by atoms with Crippen molar-refractivity contribution in [1.82, 2.24) is 20.3 Å². The molecule has 0 fully saturated rings. The lowest BCUT2D eigenvalue weighted by atomic mass is 10.2. The lowest BCUT2D eigenvalue weighted by molar-refractivity contribution is 0.0943. The van der Waals surface area contributed by atoms with Crippen LogP contribution in [0.4, 0.5) is 34.8 Å². The predicted octanol–water partition coefficient (Wildman–Crippen LogP) is 3.92. The number of hydrogen-bond acceptors (Lipinski definition) is 9. The van der Waals surface area contributed by atoms with Gasteiger partial charge in [-0.2, -0.15) is 9.35 Å². The van der Waals surface area contributed by atoms with E-state index in [2.05, 4.69) is 35.3 Å². The summed E-state index contributed by atoms with van der Waals surface area (Å²) < 4.78 is 16.2. The summed E-state index contributed by atoms with van der Waals surface area (Å²) >= 11 is 0. The van der Waals surface area contributed by atoms with E-state index < -0.39 is 9.73 Å². The van der Waals surface area contributed by atoms with Gasteiger partial charge in [0.15, 0.2) is 5.82 Å². The molecule has 3 rings (SSSR count). The van der Waals surface area contributed by atoms with Gasteiger partial charge in [-0.05, 0) is 50.2 Å². The second-order valence-corrected chi connectivity index (χ2v) is 11.0. The van der Waals surface area contributed by atoms with Crippen molar-refractivity contribution in [3.05, 3.63) is 54.2 Å². The molecule has 1 amide bonds. The van der Waals surface area contributed by atoms with Gasteiger partial charge < -0.3 is 20.9 Å². The molecule has 3 N–H and O–H groups in total. The Labute approximate surface area is 200 Å². The van der Waals surface area contributed by atoms with Gasteiger partial charge in [0.25, 0.3) is 5.91 Å². The molecule has 0 bridgehead atoms. The fourth-order valence-electron chi connectivity index (χ4n) is 2.91. The summed E-state index contributed by atoms with van der Waals surface area (Å²) in [5.41, 5.74) is 2.13. The summed E-state index contributed by atoms with van der Waals surface area (Å²) in [6, 6.07) is 12.8. The molecule has 0 spiro atoms. The monoisotopic (exact) mass is 482 g/mol. The third kappa shape index (κ3) is 7.14. The van der Waals surface area contributed by atoms with Crippen LogP contribution in [-0.4, -0.2) is 57.7 Å². The van der Waals surface area contributed by atoms with Crippen molar-refractivity contribution < 1.29 is 9.00 Å². The Kier molecular flexibility index (Phi) is 7.67. The Balaban J connectivity index is 1.94. The zero-order chi connectivity index (χ0) is 24.9. The number of benzene rings is 1. The highest BCUT2D eigenvalue weighted by Crippen LogP contribution is 2.23. The van der Waals surface area contributed by atoms with Crippen LogP contribution in [0, 0.1) is 0 Å². The summed E-state index contributed by atoms with van der Waals surface area (Å²) in [7, 11) is 1.57. The minimum atomic E-state index is -2.37. The SMILES string of the molecule is CC(C)NC(=O)c1cnc(Nc2ccc(N(C)C)cc2)nc1Nc1cccc(N=S(C)(C)=O)n1. The van der Waals surface area contributed by atoms with Gasteiger partial charge >= 0.3 is 0 Å². The molecule has 0 radical (unpaired) electrons. The summed E-state index contributed by atoms with van der Waals surface area (Å²) in [6.07, 6.45) is 4.54. The molecule has 0 atom stereocenters. The predicted molar refractivity (Wildman–Crippen MR) is 138 cm³/mol. The molecule has 0 saturated carbocycles. The first-order valence-electron chi connectivity index (χ1n) is 10.6. The zero-order valence-electron chi connectivity index (χ0n) is 20.2. The van der Waals surface area contributed by atoms with Crippen LogP contribution in [0.3, 0.4) is 0 Å². The highest BCUT2D eigenvalue weighted by Gasteiger charge is 2.17. The summed E-state index contributed by atoms with van der Waals surface area (Å²) in [4.78, 5) is 28.0. The number of carbonyl (C=O) groups is 1. The molecule has 2 heterocycles. The second-order valence-electron chi connectivity index (χ2n) is 8.43. The molecule has 0 aliphatic carbocycles. The Bertz CT molecular complexity index is 1270. The molecular formula is C23H30N8O2S. The minimum absolute atomic E-state index is 0.0594. The number of anilines is 5. The highest BCUT2D eigenvalue weighted by atomic mass is 32.2. The van der Waals surface area contributed by atoms with Gasteiger partial charge in [0, 0.05) is 59.9 Å². The van der Waals surface area contributed by atoms with E-state index >= 15 is 0 Å². The number of rotatable bonds is 8. The fourth-order valence-corrected chi connectivity index (χ4v) is 3.46. The second kappa shape index (κ2) is 10.5. The fraction of sp³-hybridized carbons (Fsp3) is 0.304. The molecule has 0 aliphatic heterocycles. The van der Waals surface area contributed by atoms with Crippen molar-refractivity contribution in [2.75, 3.05) is 42.1 Å². The summed E-state index contributed by atoms with van der Waals surface area (Å²) in [5.74, 6) is 1.00. The molecule has 0 saturated heterocycles. The van der Waals surface area contributed by atoms with E-state index in [-0.39, 0.29) is 23.3 Å². The van der Waals surface area contributed by atoms with Crippen molar-refractivity contribution in [3.63, 3.8) is 0 Å². The van der Waals surface area contributed by atoms with E-state index in [1.807, 2.05) is 57.1 Å². The maximum atomic E-state index is 12.8. The van der Waals surface area contributed by atoms with Crippen LogP contribution in [0.1, 0.15) is 24.2 Å². The highest BCUT2D eigenvalue weighted by molar-refractivity contribution is 7.92. The summed E-state index contributed by atoms with van der Waals surface area (Å²) in [5, 5.41) is 9.09. The summed E-state index contributed by atoms with van der Waals surface area (Å²) in [6.45, 7) is 3.75. The average molecular weight is 483 g/mol. The molecule has 2 aromatic heterocycles. The van der Waals surface area contributed by atoms with E-state index in [1.165, 1.54) is 18.7 Å². The molecule has 10 nitrogen and oxygen atoms in total. The van der Waals surface area contributed by atoms with Crippen LogP contribution >= 0.6 is 0 Å². The third-order valence-corrected chi connectivity index (χ3v) is 5.01. The zero-order valence-corrected chi connectivity index (χ0v) is 21.0. The van der Waals surface area contributed by atoms with Gasteiger partial charge in [0.2, 0.25) is 5.95 Å². The number of nitrogens with one attached hydrogen (secondary N) is 3. The lowest BCUT2D eigenvalue weighted by Crippen LogP contribution is -2.31. The van der Waals surface area contributed by atoms with Crippen LogP contribution in [0.5, 0.6) is 0 Å². The molecule has 180 valence electrons. The van der Waals surface area contributed by atoms with Crippen LogP contribution in [0.2, 0.25) is 0 Å². The first-order chi connectivity index (χ1) is 16.0. The topological polar surface area (TPSA) is 125 Å². The van der Waals surface area contributed by atoms with E-state index in [1.54, 1.807) is 18.2 Å². The quantitative estimate of drug-likeness (QED) is 0.441. The number of carbonyl (C=O) groups excluding carboxylic acids is 1. The molecule has 1 aromatic carbocycles. The maximum Gasteiger partial charge on any atom is 0.256 e. The van der Waals surface area contributed by atoms with Gasteiger partial charge in [0.05, 0.1) is 0 Å². The number of pyridine rings is 1. The molecule has 0 unspecified atom stereocenters. The van der Waals surface area contributed by atoms with Crippen LogP contribution in [-0.2, 0) is 9.73 Å². The number of aromatic nitrogens is 3. The van der Waals surface area contributed by atoms with Gasteiger partial charge in [-0.25, -0.2) is 14.2 Å². The molecule has 11 heteroatoms. The molecular weight excluding hydrogens is 452 g/mol. The van der Waals surface area contributed by atoms with Crippen molar-refractivity contribution in [2.45, 2.75) is 19.9 Å². The average Bonchev–Trinajstić information content (AvgIpc) is 2.73. The number of hydrogen-bond donors (Lipinski definition) is 3. The van der Waals surface area contributed by atoms with Crippen LogP contribution < -0.4 is 20.9 Å². The van der Waals surface area contributed by atoms with Crippen molar-refractivity contribution in [2.24, 2.45) is 4.36 Å². The minimum Gasteiger partial charge on any atom is -0.378 e. The Morgan fingerprint density at radius 1 is 1.03 bits per heavy atom. The maximum absolute atomic E-state index is 12.8. The normalized spacial score (nSPS) is 11.1. The molecule has 0 aliphatic rings. The molecule has 34 heavy (non-hydrogen) atoms. The Morgan fingerprint density at radius 2 is 1.74 bits per heavy atom. The van der Waals surface area contributed by atoms with Crippen LogP contribution in [0.15, 0.2) is 53.0 Å². The van der Waals surface area contributed by atoms with Crippen molar-refractivity contribution >= 4 is 50.4 Å². The van der Waals surface area contributed by atoms with E-state index in [0.29, 0.717) is 17.6 Å².